The molecule has 0 radical (unpaired) electrons. The van der Waals surface area contributed by atoms with Crippen LogP contribution in [0.15, 0.2) is 62.0 Å². The second-order valence-electron chi connectivity index (χ2n) is 6.46. The van der Waals surface area contributed by atoms with Crippen LogP contribution in [0.4, 0.5) is 11.4 Å². The van der Waals surface area contributed by atoms with E-state index in [-0.39, 0.29) is 28.3 Å². The maximum atomic E-state index is 12.9. The zero-order valence-electron chi connectivity index (χ0n) is 15.2. The number of fused-ring (bicyclic) bond motifs is 1. The van der Waals surface area contributed by atoms with Crippen LogP contribution in [0.25, 0.3) is 0 Å². The molecule has 0 amide bonds. The molecule has 0 bridgehead atoms. The molecular formula is C16H15N3O9S3. The number of Topliss-reactive ketones (excluding diaryl/α,β-unsaturated/α-hetero) is 1. The summed E-state index contributed by atoms with van der Waals surface area (Å²) in [7, 11) is -9.73. The number of ketones is 1. The Morgan fingerprint density at radius 3 is 2.35 bits per heavy atom. The standard InChI is InChI=1S/C16H15N3O9S3/c17-8-1-2-10(12(5-8)30(23,24)25)18-19-15-13(31(26,27)28)4-7-3-9(29-22)6-11(20)14(7)16(15)21/h1-7,14,18,20,22H,17H2,(H,23,24,25)(H,26,27,28)/b19-15-/t7-,14?/m0/s1. The first-order chi connectivity index (χ1) is 14.3. The smallest absolute Gasteiger partial charge is 0.296 e. The van der Waals surface area contributed by atoms with Gasteiger partial charge in [-0.15, -0.1) is 0 Å². The maximum Gasteiger partial charge on any atom is 0.296 e. The van der Waals surface area contributed by atoms with Crippen molar-refractivity contribution in [3.63, 3.8) is 0 Å². The average Bonchev–Trinajstić information content (AvgIpc) is 2.65. The zero-order chi connectivity index (χ0) is 23.1. The number of nitrogen functional groups attached to an aromatic ring is 1. The molecule has 1 aromatic rings. The number of carbonyl (C=O) groups excluding carboxylic acids is 1. The number of nitrogens with one attached hydrogen (secondary N) is 1. The van der Waals surface area contributed by atoms with Gasteiger partial charge in [0.15, 0.2) is 5.78 Å². The molecule has 2 aliphatic carbocycles. The summed E-state index contributed by atoms with van der Waals surface area (Å²) < 4.78 is 74.9. The van der Waals surface area contributed by atoms with Crippen molar-refractivity contribution in [2.24, 2.45) is 16.9 Å². The Labute approximate surface area is 180 Å². The molecule has 7 N–H and O–H groups in total. The van der Waals surface area contributed by atoms with E-state index < -0.39 is 59.1 Å². The normalized spacial score (nSPS) is 23.0. The van der Waals surface area contributed by atoms with E-state index in [0.717, 1.165) is 24.3 Å². The summed E-state index contributed by atoms with van der Waals surface area (Å²) in [5.74, 6) is -3.76. The average molecular weight is 490 g/mol. The molecule has 0 fully saturated rings. The summed E-state index contributed by atoms with van der Waals surface area (Å²) in [6.07, 6.45) is 3.39. The number of hydrogen-bond donors (Lipinski definition) is 6. The second kappa shape index (κ2) is 8.10. The molecule has 0 aliphatic heterocycles. The van der Waals surface area contributed by atoms with Crippen molar-refractivity contribution in [1.82, 2.24) is 0 Å². The first kappa shape index (κ1) is 23.0. The third kappa shape index (κ3) is 4.65. The van der Waals surface area contributed by atoms with Gasteiger partial charge in [0.2, 0.25) is 0 Å². The quantitative estimate of drug-likeness (QED) is 0.150. The molecule has 166 valence electrons. The highest BCUT2D eigenvalue weighted by atomic mass is 32.2. The predicted molar refractivity (Wildman–Crippen MR) is 112 cm³/mol. The number of hydrogen-bond acceptors (Lipinski definition) is 11. The Hall–Kier alpha value is -2.69. The van der Waals surface area contributed by atoms with Crippen LogP contribution in [0.5, 0.6) is 0 Å². The summed E-state index contributed by atoms with van der Waals surface area (Å²) in [6, 6.07) is 3.27. The minimum atomic E-state index is -4.97. The third-order valence-electron chi connectivity index (χ3n) is 4.40. The molecule has 0 heterocycles. The number of aliphatic hydroxyl groups is 1. The number of carbonyl (C=O) groups is 1. The van der Waals surface area contributed by atoms with Crippen molar-refractivity contribution in [1.29, 1.82) is 0 Å². The highest BCUT2D eigenvalue weighted by molar-refractivity contribution is 7.97. The number of benzene rings is 1. The number of hydrazone groups is 1. The van der Waals surface area contributed by atoms with Crippen LogP contribution in [0.2, 0.25) is 0 Å². The minimum absolute atomic E-state index is 0.0115. The van der Waals surface area contributed by atoms with E-state index in [9.17, 15) is 40.4 Å². The third-order valence-corrected chi connectivity index (χ3v) is 6.64. The SMILES string of the molecule is Nc1ccc(N/N=C2\C(=O)C3C(O)=CC(SO)=C[C@H]3C=C2S(=O)(=O)O)c(S(=O)(=O)O)c1. The van der Waals surface area contributed by atoms with E-state index in [1.807, 2.05) is 0 Å². The predicted octanol–water partition coefficient (Wildman–Crippen LogP) is 1.42. The molecule has 3 rings (SSSR count). The molecule has 2 atom stereocenters. The lowest BCUT2D eigenvalue weighted by Gasteiger charge is -2.29. The lowest BCUT2D eigenvalue weighted by Crippen LogP contribution is -2.39. The number of nitrogens with two attached hydrogens (primary N) is 1. The first-order valence-electron chi connectivity index (χ1n) is 8.21. The van der Waals surface area contributed by atoms with Crippen LogP contribution in [-0.2, 0) is 25.0 Å². The van der Waals surface area contributed by atoms with Gasteiger partial charge in [-0.3, -0.25) is 19.3 Å². The molecule has 0 saturated carbocycles. The Morgan fingerprint density at radius 1 is 1.10 bits per heavy atom. The van der Waals surface area contributed by atoms with Crippen LogP contribution in [0, 0.1) is 11.8 Å². The second-order valence-corrected chi connectivity index (χ2v) is 9.89. The largest absolute Gasteiger partial charge is 0.511 e. The fourth-order valence-electron chi connectivity index (χ4n) is 3.08. The number of allylic oxidation sites excluding steroid dienone is 5. The summed E-state index contributed by atoms with van der Waals surface area (Å²) in [6.45, 7) is 0. The zero-order valence-corrected chi connectivity index (χ0v) is 17.6. The Balaban J connectivity index is 2.13. The molecule has 0 aromatic heterocycles. The number of nitrogens with zero attached hydrogens (tertiary/aromatic N) is 1. The van der Waals surface area contributed by atoms with Crippen molar-refractivity contribution in [2.75, 3.05) is 11.2 Å². The molecule has 12 nitrogen and oxygen atoms in total. The van der Waals surface area contributed by atoms with Crippen LogP contribution < -0.4 is 11.2 Å². The molecule has 0 spiro atoms. The Kier molecular flexibility index (Phi) is 6.01. The fraction of sp³-hybridized carbons (Fsp3) is 0.125. The summed E-state index contributed by atoms with van der Waals surface area (Å²) in [4.78, 5) is 11.5. The van der Waals surface area contributed by atoms with Crippen molar-refractivity contribution in [3.8, 4) is 0 Å². The van der Waals surface area contributed by atoms with Crippen LogP contribution in [0.3, 0.4) is 0 Å². The van der Waals surface area contributed by atoms with Crippen molar-refractivity contribution in [2.45, 2.75) is 4.90 Å². The molecular weight excluding hydrogens is 474 g/mol. The van der Waals surface area contributed by atoms with E-state index in [1.165, 1.54) is 12.1 Å². The molecule has 15 heteroatoms. The van der Waals surface area contributed by atoms with E-state index in [0.29, 0.717) is 0 Å². The first-order valence-corrected chi connectivity index (χ1v) is 11.9. The van der Waals surface area contributed by atoms with Gasteiger partial charge in [0.05, 0.1) is 11.6 Å². The monoisotopic (exact) mass is 489 g/mol. The van der Waals surface area contributed by atoms with Gasteiger partial charge in [0, 0.05) is 28.6 Å². The van der Waals surface area contributed by atoms with Crippen molar-refractivity contribution in [3.05, 3.63) is 52.0 Å². The molecule has 1 unspecified atom stereocenters. The summed E-state index contributed by atoms with van der Waals surface area (Å²) in [5.41, 5.74) is 6.52. The Bertz CT molecular complexity index is 1290. The van der Waals surface area contributed by atoms with Gasteiger partial charge in [-0.1, -0.05) is 12.2 Å². The van der Waals surface area contributed by atoms with Gasteiger partial charge < -0.3 is 15.4 Å². The van der Waals surface area contributed by atoms with Gasteiger partial charge in [0.25, 0.3) is 20.2 Å². The Morgan fingerprint density at radius 2 is 1.77 bits per heavy atom. The summed E-state index contributed by atoms with van der Waals surface area (Å²) >= 11 is 0.267. The molecule has 2 aliphatic rings. The van der Waals surface area contributed by atoms with Crippen molar-refractivity contribution >= 4 is 55.1 Å². The lowest BCUT2D eigenvalue weighted by molar-refractivity contribution is -0.117. The highest BCUT2D eigenvalue weighted by Crippen LogP contribution is 2.38. The van der Waals surface area contributed by atoms with Crippen LogP contribution >= 0.6 is 12.0 Å². The maximum absolute atomic E-state index is 12.9. The molecule has 1 aromatic carbocycles. The summed E-state index contributed by atoms with van der Waals surface area (Å²) in [5, 5.41) is 13.8. The van der Waals surface area contributed by atoms with E-state index >= 15 is 0 Å². The van der Waals surface area contributed by atoms with Crippen LogP contribution in [-0.4, -0.2) is 47.1 Å². The van der Waals surface area contributed by atoms with E-state index in [2.05, 4.69) is 10.5 Å². The number of rotatable bonds is 5. The topological polar surface area (TPSA) is 217 Å². The minimum Gasteiger partial charge on any atom is -0.511 e. The molecule has 0 saturated heterocycles. The van der Waals surface area contributed by atoms with Gasteiger partial charge in [0.1, 0.15) is 21.3 Å². The van der Waals surface area contributed by atoms with E-state index in [4.69, 9.17) is 5.73 Å². The van der Waals surface area contributed by atoms with Gasteiger partial charge in [-0.2, -0.15) is 21.9 Å². The number of aliphatic hydroxyl groups excluding tert-OH is 1. The van der Waals surface area contributed by atoms with Gasteiger partial charge in [-0.05, 0) is 24.3 Å². The van der Waals surface area contributed by atoms with Gasteiger partial charge in [-0.25, -0.2) is 0 Å². The van der Waals surface area contributed by atoms with Gasteiger partial charge >= 0.3 is 0 Å². The van der Waals surface area contributed by atoms with Crippen LogP contribution in [0.1, 0.15) is 0 Å². The number of anilines is 2. The van der Waals surface area contributed by atoms with Crippen molar-refractivity contribution < 1.29 is 40.4 Å². The fourth-order valence-corrected chi connectivity index (χ4v) is 4.87. The lowest BCUT2D eigenvalue weighted by atomic mass is 9.78. The van der Waals surface area contributed by atoms with E-state index in [1.54, 1.807) is 0 Å². The molecule has 31 heavy (non-hydrogen) atoms. The highest BCUT2D eigenvalue weighted by Gasteiger charge is 2.43.